The molecule has 13 heavy (non-hydrogen) atoms. The molecule has 2 aliphatic rings. The molecule has 0 aliphatic carbocycles. The van der Waals surface area contributed by atoms with Crippen LogP contribution in [0.2, 0.25) is 0 Å². The lowest BCUT2D eigenvalue weighted by Gasteiger charge is -2.37. The van der Waals surface area contributed by atoms with Crippen molar-refractivity contribution in [3.63, 3.8) is 0 Å². The zero-order chi connectivity index (χ0) is 9.64. The summed E-state index contributed by atoms with van der Waals surface area (Å²) in [4.78, 5) is 2.30. The molecular formula is C11H18FN. The van der Waals surface area contributed by atoms with Crippen LogP contribution in [0.1, 0.15) is 26.7 Å². The number of fused-ring (bicyclic) bond motifs is 1. The van der Waals surface area contributed by atoms with Gasteiger partial charge in [0, 0.05) is 13.1 Å². The van der Waals surface area contributed by atoms with Crippen molar-refractivity contribution in [3.05, 3.63) is 12.2 Å². The number of hydrogen-bond acceptors (Lipinski definition) is 1. The minimum atomic E-state index is -0.647. The van der Waals surface area contributed by atoms with Gasteiger partial charge in [-0.15, -0.1) is 0 Å². The molecule has 0 aromatic carbocycles. The highest BCUT2D eigenvalue weighted by Crippen LogP contribution is 2.46. The molecule has 0 aromatic rings. The molecule has 0 amide bonds. The smallest absolute Gasteiger partial charge is 0.120 e. The normalized spacial score (nSPS) is 40.3. The molecule has 0 aromatic heterocycles. The van der Waals surface area contributed by atoms with Crippen LogP contribution in [0.25, 0.3) is 0 Å². The molecule has 2 aliphatic heterocycles. The van der Waals surface area contributed by atoms with Gasteiger partial charge in [-0.1, -0.05) is 26.0 Å². The van der Waals surface area contributed by atoms with Crippen LogP contribution in [-0.2, 0) is 0 Å². The van der Waals surface area contributed by atoms with Crippen LogP contribution in [0.3, 0.4) is 0 Å². The fourth-order valence-corrected chi connectivity index (χ4v) is 3.03. The van der Waals surface area contributed by atoms with Gasteiger partial charge >= 0.3 is 0 Å². The Morgan fingerprint density at radius 1 is 1.62 bits per heavy atom. The van der Waals surface area contributed by atoms with Crippen molar-refractivity contribution >= 4 is 0 Å². The Bertz CT molecular complexity index is 236. The zero-order valence-corrected chi connectivity index (χ0v) is 8.52. The van der Waals surface area contributed by atoms with E-state index in [0.717, 1.165) is 19.5 Å². The monoisotopic (exact) mass is 183 g/mol. The molecule has 2 heteroatoms. The minimum Gasteiger partial charge on any atom is -0.290 e. The molecule has 0 saturated carbocycles. The summed E-state index contributed by atoms with van der Waals surface area (Å²) < 4.78 is 13.9. The Kier molecular flexibility index (Phi) is 1.99. The van der Waals surface area contributed by atoms with Crippen LogP contribution in [0.5, 0.6) is 0 Å². The maximum Gasteiger partial charge on any atom is 0.120 e. The largest absolute Gasteiger partial charge is 0.290 e. The first-order valence-corrected chi connectivity index (χ1v) is 5.13. The third kappa shape index (κ3) is 1.08. The summed E-state index contributed by atoms with van der Waals surface area (Å²) in [6.45, 7) is 10.1. The van der Waals surface area contributed by atoms with E-state index >= 15 is 0 Å². The summed E-state index contributed by atoms with van der Waals surface area (Å²) in [5.74, 6) is 0.393. The standard InChI is InChI=1S/C11H18FN/c1-8(2)11-6-9(3)7-13(11)5-4-10(11)12/h8,10H,3-7H2,1-2H3/t10-,11+/m1/s1. The second-order valence-electron chi connectivity index (χ2n) is 4.75. The van der Waals surface area contributed by atoms with Gasteiger partial charge in [0.25, 0.3) is 0 Å². The lowest BCUT2D eigenvalue weighted by Crippen LogP contribution is -2.48. The van der Waals surface area contributed by atoms with E-state index in [2.05, 4.69) is 25.3 Å². The fraction of sp³-hybridized carbons (Fsp3) is 0.818. The minimum absolute atomic E-state index is 0.197. The van der Waals surface area contributed by atoms with E-state index < -0.39 is 6.17 Å². The SMILES string of the molecule is C=C1CN2CC[C@@H](F)[C@@]2(C(C)C)C1. The fourth-order valence-electron chi connectivity index (χ4n) is 3.03. The van der Waals surface area contributed by atoms with Crippen molar-refractivity contribution in [3.8, 4) is 0 Å². The van der Waals surface area contributed by atoms with Crippen LogP contribution in [0.4, 0.5) is 4.39 Å². The molecule has 0 spiro atoms. The van der Waals surface area contributed by atoms with Gasteiger partial charge in [-0.3, -0.25) is 4.90 Å². The Labute approximate surface area is 79.6 Å². The van der Waals surface area contributed by atoms with E-state index in [0.29, 0.717) is 12.3 Å². The summed E-state index contributed by atoms with van der Waals surface area (Å²) in [6.07, 6.45) is 0.934. The van der Waals surface area contributed by atoms with Gasteiger partial charge in [-0.05, 0) is 18.8 Å². The number of halogens is 1. The third-order valence-electron chi connectivity index (χ3n) is 3.73. The molecule has 0 unspecified atom stereocenters. The molecule has 2 heterocycles. The number of rotatable bonds is 1. The first-order valence-electron chi connectivity index (χ1n) is 5.13. The zero-order valence-electron chi connectivity index (χ0n) is 8.52. The molecule has 2 rings (SSSR count). The van der Waals surface area contributed by atoms with Crippen molar-refractivity contribution in [1.82, 2.24) is 4.90 Å². The lowest BCUT2D eigenvalue weighted by atomic mass is 9.81. The Morgan fingerprint density at radius 3 is 2.85 bits per heavy atom. The predicted molar refractivity (Wildman–Crippen MR) is 52.4 cm³/mol. The topological polar surface area (TPSA) is 3.24 Å². The Balaban J connectivity index is 2.33. The van der Waals surface area contributed by atoms with E-state index in [-0.39, 0.29) is 5.54 Å². The molecule has 74 valence electrons. The molecule has 1 nitrogen and oxygen atoms in total. The predicted octanol–water partition coefficient (Wildman–Crippen LogP) is 2.38. The highest BCUT2D eigenvalue weighted by atomic mass is 19.1. The van der Waals surface area contributed by atoms with Crippen LogP contribution in [0, 0.1) is 5.92 Å². The lowest BCUT2D eigenvalue weighted by molar-refractivity contribution is 0.0699. The van der Waals surface area contributed by atoms with Crippen LogP contribution >= 0.6 is 0 Å². The molecule has 0 bridgehead atoms. The second-order valence-corrected chi connectivity index (χ2v) is 4.75. The van der Waals surface area contributed by atoms with Crippen molar-refractivity contribution in [2.45, 2.75) is 38.4 Å². The van der Waals surface area contributed by atoms with Gasteiger partial charge in [0.1, 0.15) is 6.17 Å². The average molecular weight is 183 g/mol. The average Bonchev–Trinajstić information content (AvgIpc) is 2.50. The van der Waals surface area contributed by atoms with Crippen LogP contribution in [0.15, 0.2) is 12.2 Å². The molecule has 2 saturated heterocycles. The van der Waals surface area contributed by atoms with Crippen molar-refractivity contribution in [1.29, 1.82) is 0 Å². The van der Waals surface area contributed by atoms with Gasteiger partial charge in [0.15, 0.2) is 0 Å². The van der Waals surface area contributed by atoms with E-state index in [4.69, 9.17) is 0 Å². The summed E-state index contributed by atoms with van der Waals surface area (Å²) >= 11 is 0. The molecule has 2 atom stereocenters. The molecule has 0 N–H and O–H groups in total. The maximum atomic E-state index is 13.9. The van der Waals surface area contributed by atoms with Crippen molar-refractivity contribution < 1.29 is 4.39 Å². The molecule has 2 fully saturated rings. The van der Waals surface area contributed by atoms with Crippen LogP contribution < -0.4 is 0 Å². The van der Waals surface area contributed by atoms with E-state index in [9.17, 15) is 4.39 Å². The first kappa shape index (κ1) is 9.20. The molecular weight excluding hydrogens is 165 g/mol. The van der Waals surface area contributed by atoms with E-state index in [1.807, 2.05) is 0 Å². The summed E-state index contributed by atoms with van der Waals surface area (Å²) in [5, 5.41) is 0. The summed E-state index contributed by atoms with van der Waals surface area (Å²) in [5.41, 5.74) is 1.01. The number of hydrogen-bond donors (Lipinski definition) is 0. The number of nitrogens with zero attached hydrogens (tertiary/aromatic N) is 1. The number of alkyl halides is 1. The van der Waals surface area contributed by atoms with Gasteiger partial charge < -0.3 is 0 Å². The first-order chi connectivity index (χ1) is 6.07. The quantitative estimate of drug-likeness (QED) is 0.564. The van der Waals surface area contributed by atoms with Gasteiger partial charge in [-0.25, -0.2) is 4.39 Å². The van der Waals surface area contributed by atoms with Crippen LogP contribution in [-0.4, -0.2) is 29.7 Å². The van der Waals surface area contributed by atoms with Crippen molar-refractivity contribution in [2.24, 2.45) is 5.92 Å². The third-order valence-corrected chi connectivity index (χ3v) is 3.73. The Morgan fingerprint density at radius 2 is 2.31 bits per heavy atom. The van der Waals surface area contributed by atoms with E-state index in [1.54, 1.807) is 0 Å². The van der Waals surface area contributed by atoms with Gasteiger partial charge in [0.2, 0.25) is 0 Å². The van der Waals surface area contributed by atoms with Crippen molar-refractivity contribution in [2.75, 3.05) is 13.1 Å². The second kappa shape index (κ2) is 2.81. The van der Waals surface area contributed by atoms with E-state index in [1.165, 1.54) is 5.57 Å². The maximum absolute atomic E-state index is 13.9. The Hall–Kier alpha value is -0.370. The summed E-state index contributed by atoms with van der Waals surface area (Å²) in [6, 6.07) is 0. The van der Waals surface area contributed by atoms with Gasteiger partial charge in [0.05, 0.1) is 5.54 Å². The highest BCUT2D eigenvalue weighted by Gasteiger charge is 2.54. The highest BCUT2D eigenvalue weighted by molar-refractivity contribution is 5.21. The van der Waals surface area contributed by atoms with Gasteiger partial charge in [-0.2, -0.15) is 0 Å². The molecule has 0 radical (unpaired) electrons. The summed E-state index contributed by atoms with van der Waals surface area (Å²) in [7, 11) is 0.